The number of nitrogens with zero attached hydrogens (tertiary/aromatic N) is 1. The van der Waals surface area contributed by atoms with Crippen LogP contribution in [0.15, 0.2) is 0 Å². The number of likely N-dealkylation sites (tertiary alicyclic amines) is 1. The largest absolute Gasteiger partial charge is 0.395 e. The lowest BCUT2D eigenvalue weighted by Gasteiger charge is -2.35. The molecule has 1 rings (SSSR count). The van der Waals surface area contributed by atoms with Crippen LogP contribution in [0.5, 0.6) is 0 Å². The van der Waals surface area contributed by atoms with Crippen molar-refractivity contribution in [2.75, 3.05) is 26.2 Å². The Bertz CT molecular complexity index is 177. The monoisotopic (exact) mass is 214 g/mol. The van der Waals surface area contributed by atoms with Gasteiger partial charge in [0.15, 0.2) is 0 Å². The third-order valence-electron chi connectivity index (χ3n) is 3.01. The van der Waals surface area contributed by atoms with Crippen LogP contribution in [-0.4, -0.2) is 47.8 Å². The number of aliphatic hydroxyl groups is 1. The Morgan fingerprint density at radius 1 is 1.33 bits per heavy atom. The van der Waals surface area contributed by atoms with E-state index in [-0.39, 0.29) is 5.54 Å². The second-order valence-corrected chi connectivity index (χ2v) is 5.54. The summed E-state index contributed by atoms with van der Waals surface area (Å²) < 4.78 is 0. The van der Waals surface area contributed by atoms with E-state index < -0.39 is 0 Å². The van der Waals surface area contributed by atoms with E-state index >= 15 is 0 Å². The minimum absolute atomic E-state index is 0.199. The molecule has 0 aromatic carbocycles. The van der Waals surface area contributed by atoms with Gasteiger partial charge >= 0.3 is 0 Å². The quantitative estimate of drug-likeness (QED) is 0.738. The van der Waals surface area contributed by atoms with Crippen LogP contribution in [0.2, 0.25) is 0 Å². The van der Waals surface area contributed by atoms with Crippen molar-refractivity contribution < 1.29 is 5.11 Å². The van der Waals surface area contributed by atoms with Crippen molar-refractivity contribution in [2.24, 2.45) is 0 Å². The van der Waals surface area contributed by atoms with Gasteiger partial charge in [0.1, 0.15) is 0 Å². The fourth-order valence-electron chi connectivity index (χ4n) is 2.14. The van der Waals surface area contributed by atoms with E-state index in [2.05, 4.69) is 31.0 Å². The molecule has 0 radical (unpaired) electrons. The number of aliphatic hydroxyl groups excluding tert-OH is 1. The molecule has 1 unspecified atom stereocenters. The molecule has 0 aromatic rings. The summed E-state index contributed by atoms with van der Waals surface area (Å²) in [4.78, 5) is 2.42. The Morgan fingerprint density at radius 2 is 2.07 bits per heavy atom. The first-order valence-corrected chi connectivity index (χ1v) is 6.13. The maximum atomic E-state index is 9.26. The maximum absolute atomic E-state index is 9.26. The SMILES string of the molecule is CC(C)(C)NCCN1CCCCC1CO. The lowest BCUT2D eigenvalue weighted by Crippen LogP contribution is -2.47. The summed E-state index contributed by atoms with van der Waals surface area (Å²) in [5.74, 6) is 0. The number of piperidine rings is 1. The van der Waals surface area contributed by atoms with E-state index in [4.69, 9.17) is 0 Å². The van der Waals surface area contributed by atoms with E-state index in [1.807, 2.05) is 0 Å². The van der Waals surface area contributed by atoms with E-state index in [0.717, 1.165) is 26.1 Å². The Labute approximate surface area is 93.9 Å². The Morgan fingerprint density at radius 3 is 2.67 bits per heavy atom. The van der Waals surface area contributed by atoms with Gasteiger partial charge in [0.25, 0.3) is 0 Å². The molecule has 0 spiro atoms. The summed E-state index contributed by atoms with van der Waals surface area (Å²) in [5.41, 5.74) is 0.199. The summed E-state index contributed by atoms with van der Waals surface area (Å²) in [5, 5.41) is 12.7. The van der Waals surface area contributed by atoms with Gasteiger partial charge in [0.2, 0.25) is 0 Å². The molecule has 1 aliphatic rings. The van der Waals surface area contributed by atoms with Crippen LogP contribution < -0.4 is 5.32 Å². The highest BCUT2D eigenvalue weighted by Gasteiger charge is 2.21. The maximum Gasteiger partial charge on any atom is 0.0586 e. The summed E-state index contributed by atoms with van der Waals surface area (Å²) in [6, 6.07) is 0.403. The highest BCUT2D eigenvalue weighted by Crippen LogP contribution is 2.15. The molecule has 1 fully saturated rings. The van der Waals surface area contributed by atoms with Crippen molar-refractivity contribution >= 4 is 0 Å². The van der Waals surface area contributed by atoms with E-state index in [9.17, 15) is 5.11 Å². The topological polar surface area (TPSA) is 35.5 Å². The van der Waals surface area contributed by atoms with Gasteiger partial charge in [0, 0.05) is 24.7 Å². The highest BCUT2D eigenvalue weighted by molar-refractivity contribution is 4.78. The van der Waals surface area contributed by atoms with Crippen LogP contribution in [0.25, 0.3) is 0 Å². The lowest BCUT2D eigenvalue weighted by atomic mass is 10.0. The number of nitrogens with one attached hydrogen (secondary N) is 1. The van der Waals surface area contributed by atoms with Gasteiger partial charge in [-0.25, -0.2) is 0 Å². The molecule has 3 heteroatoms. The van der Waals surface area contributed by atoms with Crippen LogP contribution in [-0.2, 0) is 0 Å². The molecular weight excluding hydrogens is 188 g/mol. The van der Waals surface area contributed by atoms with Crippen molar-refractivity contribution in [3.05, 3.63) is 0 Å². The van der Waals surface area contributed by atoms with E-state index in [1.165, 1.54) is 12.8 Å². The normalized spacial score (nSPS) is 24.4. The summed E-state index contributed by atoms with van der Waals surface area (Å²) in [6.07, 6.45) is 3.71. The molecule has 1 saturated heterocycles. The average molecular weight is 214 g/mol. The fourth-order valence-corrected chi connectivity index (χ4v) is 2.14. The third-order valence-corrected chi connectivity index (χ3v) is 3.01. The molecular formula is C12H26N2O. The first kappa shape index (κ1) is 12.9. The molecule has 0 amide bonds. The zero-order valence-corrected chi connectivity index (χ0v) is 10.4. The predicted molar refractivity (Wildman–Crippen MR) is 64.1 cm³/mol. The molecule has 0 aromatic heterocycles. The molecule has 90 valence electrons. The van der Waals surface area contributed by atoms with Crippen LogP contribution in [0.1, 0.15) is 40.0 Å². The van der Waals surface area contributed by atoms with Crippen molar-refractivity contribution in [2.45, 2.75) is 51.6 Å². The van der Waals surface area contributed by atoms with Crippen LogP contribution in [0.3, 0.4) is 0 Å². The lowest BCUT2D eigenvalue weighted by molar-refractivity contribution is 0.0895. The Balaban J connectivity index is 2.23. The van der Waals surface area contributed by atoms with Crippen molar-refractivity contribution in [1.29, 1.82) is 0 Å². The second-order valence-electron chi connectivity index (χ2n) is 5.54. The number of hydrogen-bond acceptors (Lipinski definition) is 3. The summed E-state index contributed by atoms with van der Waals surface area (Å²) in [7, 11) is 0. The van der Waals surface area contributed by atoms with Crippen LogP contribution in [0.4, 0.5) is 0 Å². The van der Waals surface area contributed by atoms with Crippen LogP contribution in [0, 0.1) is 0 Å². The molecule has 1 aliphatic heterocycles. The predicted octanol–water partition coefficient (Wildman–Crippen LogP) is 1.22. The molecule has 2 N–H and O–H groups in total. The van der Waals surface area contributed by atoms with Gasteiger partial charge in [-0.05, 0) is 40.2 Å². The third kappa shape index (κ3) is 4.96. The molecule has 15 heavy (non-hydrogen) atoms. The van der Waals surface area contributed by atoms with Gasteiger partial charge in [-0.15, -0.1) is 0 Å². The smallest absolute Gasteiger partial charge is 0.0586 e. The zero-order chi connectivity index (χ0) is 11.3. The number of hydrogen-bond donors (Lipinski definition) is 2. The fraction of sp³-hybridized carbons (Fsp3) is 1.00. The van der Waals surface area contributed by atoms with E-state index in [0.29, 0.717) is 12.6 Å². The Hall–Kier alpha value is -0.120. The first-order chi connectivity index (χ1) is 7.03. The second kappa shape index (κ2) is 5.83. The molecule has 0 aliphatic carbocycles. The minimum Gasteiger partial charge on any atom is -0.395 e. The summed E-state index contributed by atoms with van der Waals surface area (Å²) >= 11 is 0. The van der Waals surface area contributed by atoms with Crippen molar-refractivity contribution in [3.8, 4) is 0 Å². The molecule has 0 bridgehead atoms. The molecule has 0 saturated carbocycles. The van der Waals surface area contributed by atoms with Gasteiger partial charge < -0.3 is 10.4 Å². The number of rotatable bonds is 4. The van der Waals surface area contributed by atoms with Gasteiger partial charge in [-0.3, -0.25) is 4.90 Å². The Kier molecular flexibility index (Phi) is 5.03. The zero-order valence-electron chi connectivity index (χ0n) is 10.4. The standard InChI is InChI=1S/C12H26N2O/c1-12(2,3)13-7-9-14-8-5-4-6-11(14)10-15/h11,13,15H,4-10H2,1-3H3. The first-order valence-electron chi connectivity index (χ1n) is 6.13. The van der Waals surface area contributed by atoms with Crippen molar-refractivity contribution in [3.63, 3.8) is 0 Å². The summed E-state index contributed by atoms with van der Waals surface area (Å²) in [6.45, 7) is 10.1. The molecule has 3 nitrogen and oxygen atoms in total. The van der Waals surface area contributed by atoms with Crippen LogP contribution >= 0.6 is 0 Å². The average Bonchev–Trinajstić information content (AvgIpc) is 2.16. The van der Waals surface area contributed by atoms with E-state index in [1.54, 1.807) is 0 Å². The molecule has 1 heterocycles. The van der Waals surface area contributed by atoms with Gasteiger partial charge in [-0.1, -0.05) is 6.42 Å². The van der Waals surface area contributed by atoms with Gasteiger partial charge in [-0.2, -0.15) is 0 Å². The highest BCUT2D eigenvalue weighted by atomic mass is 16.3. The molecule has 1 atom stereocenters. The minimum atomic E-state index is 0.199. The van der Waals surface area contributed by atoms with Gasteiger partial charge in [0.05, 0.1) is 6.61 Å². The van der Waals surface area contributed by atoms with Crippen molar-refractivity contribution in [1.82, 2.24) is 10.2 Å².